The van der Waals surface area contributed by atoms with Gasteiger partial charge in [0.05, 0.1) is 9.21 Å². The van der Waals surface area contributed by atoms with Crippen LogP contribution in [0.2, 0.25) is 4.34 Å². The molecular weight excluding hydrogens is 204 g/mol. The molecule has 0 saturated heterocycles. The largest absolute Gasteiger partial charge is 0.293 e. The number of hydrogen-bond donors (Lipinski definition) is 0. The lowest BCUT2D eigenvalue weighted by Crippen LogP contribution is -1.93. The molecule has 0 bridgehead atoms. The van der Waals surface area contributed by atoms with Crippen molar-refractivity contribution >= 4 is 28.7 Å². The van der Waals surface area contributed by atoms with Crippen molar-refractivity contribution in [3.63, 3.8) is 0 Å². The quantitative estimate of drug-likeness (QED) is 0.555. The van der Waals surface area contributed by atoms with E-state index in [0.29, 0.717) is 17.2 Å². The molecule has 3 heteroatoms. The van der Waals surface area contributed by atoms with Gasteiger partial charge in [0.25, 0.3) is 0 Å². The van der Waals surface area contributed by atoms with Gasteiger partial charge < -0.3 is 0 Å². The molecule has 0 fully saturated rings. The van der Waals surface area contributed by atoms with Crippen molar-refractivity contribution in [2.75, 3.05) is 0 Å². The van der Waals surface area contributed by atoms with Gasteiger partial charge in [-0.25, -0.2) is 0 Å². The van der Waals surface area contributed by atoms with Gasteiger partial charge in [0, 0.05) is 12.8 Å². The highest BCUT2D eigenvalue weighted by Crippen LogP contribution is 2.22. The van der Waals surface area contributed by atoms with Crippen LogP contribution < -0.4 is 0 Å². The molecule has 1 nitrogen and oxygen atoms in total. The first kappa shape index (κ1) is 10.3. The second kappa shape index (κ2) is 5.06. The predicted molar refractivity (Wildman–Crippen MR) is 56.3 cm³/mol. The fourth-order valence-corrected chi connectivity index (χ4v) is 1.90. The Morgan fingerprint density at radius 3 is 2.92 bits per heavy atom. The summed E-state index contributed by atoms with van der Waals surface area (Å²) in [5.74, 6) is 5.74. The molecular formula is C10H9ClOS. The van der Waals surface area contributed by atoms with Crippen LogP contribution in [0, 0.1) is 11.8 Å². The topological polar surface area (TPSA) is 17.1 Å². The van der Waals surface area contributed by atoms with E-state index in [4.69, 9.17) is 11.6 Å². The van der Waals surface area contributed by atoms with Crippen LogP contribution in [-0.2, 0) is 0 Å². The molecule has 0 aliphatic rings. The van der Waals surface area contributed by atoms with Gasteiger partial charge in [-0.3, -0.25) is 4.79 Å². The van der Waals surface area contributed by atoms with Crippen LogP contribution >= 0.6 is 22.9 Å². The molecule has 0 amide bonds. The lowest BCUT2D eigenvalue weighted by Gasteiger charge is -1.91. The van der Waals surface area contributed by atoms with Crippen molar-refractivity contribution in [2.45, 2.75) is 19.8 Å². The minimum atomic E-state index is 0.125. The molecule has 1 aromatic heterocycles. The molecule has 0 radical (unpaired) electrons. The average Bonchev–Trinajstić information content (AvgIpc) is 2.52. The third kappa shape index (κ3) is 3.22. The molecule has 68 valence electrons. The normalized spacial score (nSPS) is 9.08. The fraction of sp³-hybridized carbons (Fsp3) is 0.300. The standard InChI is InChI=1S/C10H9ClOS/c1-2-3-4-5-8(12)9-6-7-10(11)13-9/h6-7H,4-5H2,1H3. The number of carbonyl (C=O) groups excluding carboxylic acids is 1. The molecule has 0 N–H and O–H groups in total. The number of carbonyl (C=O) groups is 1. The number of rotatable bonds is 3. The summed E-state index contributed by atoms with van der Waals surface area (Å²) in [5.41, 5.74) is 0. The molecule has 0 spiro atoms. The minimum absolute atomic E-state index is 0.125. The summed E-state index contributed by atoms with van der Waals surface area (Å²) in [7, 11) is 0. The van der Waals surface area contributed by atoms with Crippen molar-refractivity contribution in [2.24, 2.45) is 0 Å². The van der Waals surface area contributed by atoms with Crippen LogP contribution in [0.1, 0.15) is 29.4 Å². The first-order valence-electron chi connectivity index (χ1n) is 3.92. The van der Waals surface area contributed by atoms with Gasteiger partial charge in [-0.2, -0.15) is 0 Å². The zero-order valence-electron chi connectivity index (χ0n) is 7.26. The van der Waals surface area contributed by atoms with Gasteiger partial charge in [-0.05, 0) is 19.1 Å². The SMILES string of the molecule is CC#CCCC(=O)c1ccc(Cl)s1. The predicted octanol–water partition coefficient (Wildman–Crippen LogP) is 3.39. The monoisotopic (exact) mass is 212 g/mol. The Hall–Kier alpha value is -0.780. The van der Waals surface area contributed by atoms with E-state index in [2.05, 4.69) is 11.8 Å². The summed E-state index contributed by atoms with van der Waals surface area (Å²) in [4.78, 5) is 12.1. The van der Waals surface area contributed by atoms with Crippen molar-refractivity contribution in [3.05, 3.63) is 21.3 Å². The summed E-state index contributed by atoms with van der Waals surface area (Å²) in [6.45, 7) is 1.77. The summed E-state index contributed by atoms with van der Waals surface area (Å²) in [6.07, 6.45) is 1.11. The van der Waals surface area contributed by atoms with Crippen molar-refractivity contribution in [1.29, 1.82) is 0 Å². The number of Topliss-reactive ketones (excluding diaryl/α,β-unsaturated/α-hetero) is 1. The number of hydrogen-bond acceptors (Lipinski definition) is 2. The second-order valence-electron chi connectivity index (χ2n) is 2.45. The first-order valence-corrected chi connectivity index (χ1v) is 5.11. The number of halogens is 1. The number of ketones is 1. The Morgan fingerprint density at radius 1 is 1.62 bits per heavy atom. The van der Waals surface area contributed by atoms with E-state index in [1.54, 1.807) is 19.1 Å². The highest BCUT2D eigenvalue weighted by atomic mass is 35.5. The minimum Gasteiger partial charge on any atom is -0.293 e. The molecule has 0 atom stereocenters. The van der Waals surface area contributed by atoms with Gasteiger partial charge in [0.2, 0.25) is 0 Å². The van der Waals surface area contributed by atoms with Gasteiger partial charge in [-0.15, -0.1) is 23.2 Å². The van der Waals surface area contributed by atoms with E-state index >= 15 is 0 Å². The lowest BCUT2D eigenvalue weighted by atomic mass is 10.2. The van der Waals surface area contributed by atoms with Crippen LogP contribution in [0.4, 0.5) is 0 Å². The van der Waals surface area contributed by atoms with Gasteiger partial charge in [-0.1, -0.05) is 11.6 Å². The zero-order valence-corrected chi connectivity index (χ0v) is 8.84. The molecule has 0 aromatic carbocycles. The maximum Gasteiger partial charge on any atom is 0.173 e. The molecule has 0 aliphatic heterocycles. The average molecular weight is 213 g/mol. The van der Waals surface area contributed by atoms with Gasteiger partial charge in [0.15, 0.2) is 5.78 Å². The molecule has 0 unspecified atom stereocenters. The van der Waals surface area contributed by atoms with E-state index < -0.39 is 0 Å². The van der Waals surface area contributed by atoms with Crippen LogP contribution in [0.15, 0.2) is 12.1 Å². The Balaban J connectivity index is 2.52. The molecule has 13 heavy (non-hydrogen) atoms. The fourth-order valence-electron chi connectivity index (χ4n) is 0.888. The highest BCUT2D eigenvalue weighted by molar-refractivity contribution is 7.18. The summed E-state index contributed by atoms with van der Waals surface area (Å²) in [6, 6.07) is 3.50. The lowest BCUT2D eigenvalue weighted by molar-refractivity contribution is 0.0988. The Morgan fingerprint density at radius 2 is 2.38 bits per heavy atom. The highest BCUT2D eigenvalue weighted by Gasteiger charge is 2.06. The van der Waals surface area contributed by atoms with Crippen LogP contribution in [0.3, 0.4) is 0 Å². The maximum atomic E-state index is 11.4. The van der Waals surface area contributed by atoms with E-state index in [9.17, 15) is 4.79 Å². The maximum absolute atomic E-state index is 11.4. The Labute approximate surface area is 86.7 Å². The Bertz CT molecular complexity index is 356. The molecule has 0 aliphatic carbocycles. The molecule has 1 heterocycles. The van der Waals surface area contributed by atoms with E-state index in [-0.39, 0.29) is 5.78 Å². The molecule has 0 saturated carbocycles. The van der Waals surface area contributed by atoms with E-state index in [0.717, 1.165) is 4.88 Å². The summed E-state index contributed by atoms with van der Waals surface area (Å²) >= 11 is 7.03. The third-order valence-corrected chi connectivity index (χ3v) is 2.77. The van der Waals surface area contributed by atoms with Crippen molar-refractivity contribution < 1.29 is 4.79 Å². The van der Waals surface area contributed by atoms with Gasteiger partial charge in [0.1, 0.15) is 0 Å². The Kier molecular flexibility index (Phi) is 4.01. The van der Waals surface area contributed by atoms with E-state index in [1.165, 1.54) is 11.3 Å². The zero-order chi connectivity index (χ0) is 9.68. The van der Waals surface area contributed by atoms with Crippen LogP contribution in [-0.4, -0.2) is 5.78 Å². The third-order valence-electron chi connectivity index (χ3n) is 1.50. The summed E-state index contributed by atoms with van der Waals surface area (Å²) in [5, 5.41) is 0. The van der Waals surface area contributed by atoms with Crippen LogP contribution in [0.5, 0.6) is 0 Å². The summed E-state index contributed by atoms with van der Waals surface area (Å²) < 4.78 is 0.657. The number of thiophene rings is 1. The molecule has 1 aromatic rings. The van der Waals surface area contributed by atoms with Crippen molar-refractivity contribution in [3.8, 4) is 11.8 Å². The second-order valence-corrected chi connectivity index (χ2v) is 4.17. The first-order chi connectivity index (χ1) is 6.24. The van der Waals surface area contributed by atoms with Crippen LogP contribution in [0.25, 0.3) is 0 Å². The van der Waals surface area contributed by atoms with E-state index in [1.807, 2.05) is 0 Å². The van der Waals surface area contributed by atoms with Crippen molar-refractivity contribution in [1.82, 2.24) is 0 Å². The smallest absolute Gasteiger partial charge is 0.173 e. The van der Waals surface area contributed by atoms with Gasteiger partial charge >= 0.3 is 0 Å². The molecule has 1 rings (SSSR count).